The van der Waals surface area contributed by atoms with E-state index in [0.717, 1.165) is 29.5 Å². The monoisotopic (exact) mass is 349 g/mol. The number of hydrogen-bond acceptors (Lipinski definition) is 2. The fourth-order valence-electron chi connectivity index (χ4n) is 4.19. The van der Waals surface area contributed by atoms with Crippen molar-refractivity contribution in [3.05, 3.63) is 70.3 Å². The van der Waals surface area contributed by atoms with Crippen molar-refractivity contribution in [2.45, 2.75) is 44.6 Å². The van der Waals surface area contributed by atoms with Gasteiger partial charge >= 0.3 is 5.97 Å². The summed E-state index contributed by atoms with van der Waals surface area (Å²) in [5.41, 5.74) is 5.57. The van der Waals surface area contributed by atoms with E-state index in [1.165, 1.54) is 24.0 Å². The lowest BCUT2D eigenvalue weighted by Gasteiger charge is -2.33. The van der Waals surface area contributed by atoms with Gasteiger partial charge in [-0.2, -0.15) is 0 Å². The Balaban J connectivity index is 1.53. The van der Waals surface area contributed by atoms with E-state index in [1.54, 1.807) is 4.90 Å². The van der Waals surface area contributed by atoms with Crippen LogP contribution in [0.25, 0.3) is 0 Å². The van der Waals surface area contributed by atoms with Gasteiger partial charge in [0.2, 0.25) is 5.91 Å². The van der Waals surface area contributed by atoms with Crippen LogP contribution in [0.5, 0.6) is 0 Å². The summed E-state index contributed by atoms with van der Waals surface area (Å²) in [6.07, 6.45) is 5.02. The van der Waals surface area contributed by atoms with Crippen LogP contribution in [0.1, 0.15) is 46.6 Å². The molecule has 0 radical (unpaired) electrons. The smallest absolute Gasteiger partial charge is 0.312 e. The quantitative estimate of drug-likeness (QED) is 0.925. The number of rotatable bonds is 3. The van der Waals surface area contributed by atoms with Gasteiger partial charge in [0.15, 0.2) is 0 Å². The number of hydrogen-bond donors (Lipinski definition) is 1. The zero-order valence-corrected chi connectivity index (χ0v) is 14.8. The molecule has 1 atom stereocenters. The van der Waals surface area contributed by atoms with Crippen molar-refractivity contribution in [2.24, 2.45) is 0 Å². The Labute approximate surface area is 153 Å². The van der Waals surface area contributed by atoms with E-state index in [-0.39, 0.29) is 12.5 Å². The summed E-state index contributed by atoms with van der Waals surface area (Å²) < 4.78 is 0. The maximum Gasteiger partial charge on any atom is 0.312 e. The number of aryl methyl sites for hydroxylation is 2. The van der Waals surface area contributed by atoms with Gasteiger partial charge in [-0.05, 0) is 53.5 Å². The highest BCUT2D eigenvalue weighted by atomic mass is 16.4. The Morgan fingerprint density at radius 3 is 2.58 bits per heavy atom. The SMILES string of the molecule is O=C(O)C1CN(C(=O)Cc2ccc3c(c2)CCCC3)Cc2ccccc21. The summed E-state index contributed by atoms with van der Waals surface area (Å²) in [4.78, 5) is 26.2. The second-order valence-electron chi connectivity index (χ2n) is 7.35. The predicted molar refractivity (Wildman–Crippen MR) is 99.0 cm³/mol. The molecule has 0 fully saturated rings. The van der Waals surface area contributed by atoms with E-state index in [0.29, 0.717) is 13.0 Å². The Kier molecular flexibility index (Phi) is 4.49. The van der Waals surface area contributed by atoms with Crippen molar-refractivity contribution in [1.29, 1.82) is 0 Å². The molecule has 0 bridgehead atoms. The third-order valence-electron chi connectivity index (χ3n) is 5.61. The van der Waals surface area contributed by atoms with Crippen molar-refractivity contribution in [3.8, 4) is 0 Å². The molecule has 4 nitrogen and oxygen atoms in total. The molecule has 1 amide bonds. The second-order valence-corrected chi connectivity index (χ2v) is 7.35. The molecule has 1 unspecified atom stereocenters. The van der Waals surface area contributed by atoms with Crippen molar-refractivity contribution in [1.82, 2.24) is 4.90 Å². The first-order chi connectivity index (χ1) is 12.6. The highest BCUT2D eigenvalue weighted by Crippen LogP contribution is 2.29. The summed E-state index contributed by atoms with van der Waals surface area (Å²) in [6.45, 7) is 0.736. The predicted octanol–water partition coefficient (Wildman–Crippen LogP) is 3.32. The third kappa shape index (κ3) is 3.24. The molecule has 1 aliphatic heterocycles. The number of carbonyl (C=O) groups excluding carboxylic acids is 1. The summed E-state index contributed by atoms with van der Waals surface area (Å²) in [7, 11) is 0. The van der Waals surface area contributed by atoms with Gasteiger partial charge in [-0.15, -0.1) is 0 Å². The van der Waals surface area contributed by atoms with Gasteiger partial charge in [0, 0.05) is 13.1 Å². The van der Waals surface area contributed by atoms with Gasteiger partial charge in [-0.3, -0.25) is 9.59 Å². The zero-order valence-electron chi connectivity index (χ0n) is 14.8. The van der Waals surface area contributed by atoms with E-state index in [4.69, 9.17) is 0 Å². The van der Waals surface area contributed by atoms with Gasteiger partial charge in [-0.1, -0.05) is 42.5 Å². The molecule has 26 heavy (non-hydrogen) atoms. The fourth-order valence-corrected chi connectivity index (χ4v) is 4.19. The lowest BCUT2D eigenvalue weighted by Crippen LogP contribution is -2.41. The molecule has 4 heteroatoms. The number of amides is 1. The molecule has 0 spiro atoms. The van der Waals surface area contributed by atoms with Gasteiger partial charge in [-0.25, -0.2) is 0 Å². The number of benzene rings is 2. The first-order valence-corrected chi connectivity index (χ1v) is 9.31. The van der Waals surface area contributed by atoms with E-state index in [9.17, 15) is 14.7 Å². The Morgan fingerprint density at radius 1 is 1.00 bits per heavy atom. The van der Waals surface area contributed by atoms with E-state index >= 15 is 0 Å². The molecule has 1 aliphatic carbocycles. The van der Waals surface area contributed by atoms with Crippen molar-refractivity contribution in [3.63, 3.8) is 0 Å². The average molecular weight is 349 g/mol. The normalized spacial score (nSPS) is 18.8. The maximum atomic E-state index is 12.8. The molecule has 0 aromatic heterocycles. The Bertz CT molecular complexity index is 858. The van der Waals surface area contributed by atoms with Crippen LogP contribution in [0.4, 0.5) is 0 Å². The van der Waals surface area contributed by atoms with Crippen LogP contribution in [0, 0.1) is 0 Å². The minimum atomic E-state index is -0.872. The molecular formula is C22H23NO3. The molecule has 1 heterocycles. The number of carbonyl (C=O) groups is 2. The molecule has 2 aliphatic rings. The Morgan fingerprint density at radius 2 is 1.77 bits per heavy atom. The van der Waals surface area contributed by atoms with Crippen LogP contribution in [0.3, 0.4) is 0 Å². The Hall–Kier alpha value is -2.62. The summed E-state index contributed by atoms with van der Waals surface area (Å²) in [5.74, 6) is -1.52. The van der Waals surface area contributed by atoms with Crippen molar-refractivity contribution >= 4 is 11.9 Å². The number of nitrogens with zero attached hydrogens (tertiary/aromatic N) is 1. The summed E-state index contributed by atoms with van der Waals surface area (Å²) >= 11 is 0. The first kappa shape index (κ1) is 16.8. The van der Waals surface area contributed by atoms with Crippen molar-refractivity contribution in [2.75, 3.05) is 6.54 Å². The van der Waals surface area contributed by atoms with Crippen molar-refractivity contribution < 1.29 is 14.7 Å². The maximum absolute atomic E-state index is 12.8. The molecule has 2 aromatic carbocycles. The number of aliphatic carboxylic acids is 1. The van der Waals surface area contributed by atoms with Crippen LogP contribution in [-0.4, -0.2) is 28.4 Å². The van der Waals surface area contributed by atoms with Gasteiger partial charge in [0.05, 0.1) is 12.3 Å². The fraction of sp³-hybridized carbons (Fsp3) is 0.364. The molecule has 2 aromatic rings. The minimum absolute atomic E-state index is 0.00140. The zero-order chi connectivity index (χ0) is 18.1. The van der Waals surface area contributed by atoms with E-state index in [1.807, 2.05) is 24.3 Å². The minimum Gasteiger partial charge on any atom is -0.481 e. The largest absolute Gasteiger partial charge is 0.481 e. The molecule has 0 saturated heterocycles. The molecule has 134 valence electrons. The van der Waals surface area contributed by atoms with Crippen LogP contribution in [0.2, 0.25) is 0 Å². The standard InChI is InChI=1S/C22H23NO3/c24-21(12-15-9-10-16-5-1-2-6-17(16)11-15)23-13-18-7-3-4-8-19(18)20(14-23)22(25)26/h3-4,7-11,20H,1-2,5-6,12-14H2,(H,25,26). The van der Waals surface area contributed by atoms with Gasteiger partial charge in [0.25, 0.3) is 0 Å². The molecule has 4 rings (SSSR count). The topological polar surface area (TPSA) is 57.6 Å². The molecule has 1 N–H and O–H groups in total. The highest BCUT2D eigenvalue weighted by molar-refractivity contribution is 5.82. The number of fused-ring (bicyclic) bond motifs is 2. The van der Waals surface area contributed by atoms with Gasteiger partial charge in [0.1, 0.15) is 0 Å². The number of carboxylic acids is 1. The molecular weight excluding hydrogens is 326 g/mol. The van der Waals surface area contributed by atoms with Crippen LogP contribution in [-0.2, 0) is 35.4 Å². The van der Waals surface area contributed by atoms with Crippen LogP contribution >= 0.6 is 0 Å². The number of carboxylic acid groups (broad SMARTS) is 1. The van der Waals surface area contributed by atoms with Gasteiger partial charge < -0.3 is 10.0 Å². The van der Waals surface area contributed by atoms with E-state index < -0.39 is 11.9 Å². The first-order valence-electron chi connectivity index (χ1n) is 9.31. The van der Waals surface area contributed by atoms with Crippen LogP contribution < -0.4 is 0 Å². The van der Waals surface area contributed by atoms with E-state index in [2.05, 4.69) is 18.2 Å². The highest BCUT2D eigenvalue weighted by Gasteiger charge is 2.32. The summed E-state index contributed by atoms with van der Waals surface area (Å²) in [5, 5.41) is 9.57. The summed E-state index contributed by atoms with van der Waals surface area (Å²) in [6, 6.07) is 13.9. The third-order valence-corrected chi connectivity index (χ3v) is 5.61. The van der Waals surface area contributed by atoms with Crippen LogP contribution in [0.15, 0.2) is 42.5 Å². The lowest BCUT2D eigenvalue weighted by atomic mass is 9.88. The second kappa shape index (κ2) is 6.94. The average Bonchev–Trinajstić information content (AvgIpc) is 2.66. The molecule has 0 saturated carbocycles. The lowest BCUT2D eigenvalue weighted by molar-refractivity contribution is -0.141.